The molecule has 8 heteroatoms. The summed E-state index contributed by atoms with van der Waals surface area (Å²) in [7, 11) is 1.17. The molecule has 33 heavy (non-hydrogen) atoms. The smallest absolute Gasteiger partial charge is 0.416 e. The number of carbonyl (C=O) groups is 2. The minimum absolute atomic E-state index is 0.0936. The van der Waals surface area contributed by atoms with E-state index in [1.54, 1.807) is 24.3 Å². The fraction of sp³-hybridized carbons (Fsp3) is 0.200. The van der Waals surface area contributed by atoms with Gasteiger partial charge in [0.2, 0.25) is 0 Å². The second kappa shape index (κ2) is 10.7. The zero-order valence-electron chi connectivity index (χ0n) is 17.8. The number of hydrogen-bond donors (Lipinski definition) is 1. The Hall–Kier alpha value is -3.81. The summed E-state index contributed by atoms with van der Waals surface area (Å²) in [5, 5.41) is 2.46. The minimum atomic E-state index is -4.58. The molecule has 1 amide bonds. The molecule has 0 bridgehead atoms. The summed E-state index contributed by atoms with van der Waals surface area (Å²) in [6, 6.07) is 19.5. The molecule has 3 aromatic rings. The molecule has 1 atom stereocenters. The van der Waals surface area contributed by atoms with Crippen LogP contribution in [0.5, 0.6) is 5.75 Å². The number of amides is 1. The van der Waals surface area contributed by atoms with Gasteiger partial charge in [0.15, 0.2) is 0 Å². The Morgan fingerprint density at radius 3 is 2.24 bits per heavy atom. The summed E-state index contributed by atoms with van der Waals surface area (Å²) < 4.78 is 49.3. The van der Waals surface area contributed by atoms with Gasteiger partial charge in [0.1, 0.15) is 18.4 Å². The fourth-order valence-electron chi connectivity index (χ4n) is 3.11. The largest absolute Gasteiger partial charge is 0.489 e. The molecule has 0 unspecified atom stereocenters. The Kier molecular flexibility index (Phi) is 7.71. The molecule has 1 N–H and O–H groups in total. The topological polar surface area (TPSA) is 64.6 Å². The van der Waals surface area contributed by atoms with Crippen LogP contribution in [0.4, 0.5) is 13.2 Å². The first-order valence-corrected chi connectivity index (χ1v) is 10.1. The van der Waals surface area contributed by atoms with Crippen LogP contribution in [-0.2, 0) is 28.7 Å². The van der Waals surface area contributed by atoms with Gasteiger partial charge in [-0.15, -0.1) is 0 Å². The monoisotopic (exact) mass is 457 g/mol. The number of carbonyl (C=O) groups excluding carboxylic acids is 2. The molecule has 0 radical (unpaired) electrons. The van der Waals surface area contributed by atoms with Crippen LogP contribution in [0.3, 0.4) is 0 Å². The molecular formula is C25H22F3NO4. The number of esters is 1. The summed E-state index contributed by atoms with van der Waals surface area (Å²) in [4.78, 5) is 24.7. The maximum absolute atomic E-state index is 12.9. The molecule has 3 rings (SSSR count). The Balaban J connectivity index is 1.66. The molecule has 3 aromatic carbocycles. The summed E-state index contributed by atoms with van der Waals surface area (Å²) in [5.41, 5.74) is 0.575. The summed E-state index contributed by atoms with van der Waals surface area (Å²) in [6.45, 7) is 0.401. The van der Waals surface area contributed by atoms with Crippen molar-refractivity contribution in [2.24, 2.45) is 0 Å². The number of alkyl halides is 3. The van der Waals surface area contributed by atoms with Crippen molar-refractivity contribution in [2.45, 2.75) is 25.2 Å². The molecule has 172 valence electrons. The SMILES string of the molecule is COC(=O)[C@@H](Cc1ccc(OCc2ccccc2)cc1)NC(=O)c1cccc(C(F)(F)F)c1. The van der Waals surface area contributed by atoms with Crippen LogP contribution in [0, 0.1) is 0 Å². The third-order valence-corrected chi connectivity index (χ3v) is 4.85. The van der Waals surface area contributed by atoms with Gasteiger partial charge in [0.05, 0.1) is 12.7 Å². The van der Waals surface area contributed by atoms with E-state index >= 15 is 0 Å². The van der Waals surface area contributed by atoms with Gasteiger partial charge in [-0.2, -0.15) is 13.2 Å². The number of methoxy groups -OCH3 is 1. The van der Waals surface area contributed by atoms with Crippen molar-refractivity contribution in [3.05, 3.63) is 101 Å². The lowest BCUT2D eigenvalue weighted by Gasteiger charge is -2.17. The second-order valence-electron chi connectivity index (χ2n) is 7.25. The molecule has 0 aliphatic heterocycles. The van der Waals surface area contributed by atoms with Gasteiger partial charge in [-0.1, -0.05) is 48.5 Å². The van der Waals surface area contributed by atoms with E-state index in [2.05, 4.69) is 5.32 Å². The third kappa shape index (κ3) is 6.83. The van der Waals surface area contributed by atoms with E-state index in [1.807, 2.05) is 30.3 Å². The first-order valence-electron chi connectivity index (χ1n) is 10.1. The van der Waals surface area contributed by atoms with Crippen LogP contribution >= 0.6 is 0 Å². The van der Waals surface area contributed by atoms with Crippen molar-refractivity contribution in [1.29, 1.82) is 0 Å². The zero-order valence-corrected chi connectivity index (χ0v) is 17.8. The van der Waals surface area contributed by atoms with E-state index in [1.165, 1.54) is 13.2 Å². The van der Waals surface area contributed by atoms with Crippen molar-refractivity contribution in [3.8, 4) is 5.75 Å². The highest BCUT2D eigenvalue weighted by Gasteiger charge is 2.31. The van der Waals surface area contributed by atoms with Crippen molar-refractivity contribution < 1.29 is 32.2 Å². The molecule has 0 heterocycles. The second-order valence-corrected chi connectivity index (χ2v) is 7.25. The lowest BCUT2D eigenvalue weighted by atomic mass is 10.0. The predicted molar refractivity (Wildman–Crippen MR) is 116 cm³/mol. The quantitative estimate of drug-likeness (QED) is 0.494. The van der Waals surface area contributed by atoms with Crippen LogP contribution in [-0.4, -0.2) is 25.0 Å². The average molecular weight is 457 g/mol. The normalized spacial score (nSPS) is 12.0. The molecule has 0 spiro atoms. The van der Waals surface area contributed by atoms with Crippen LogP contribution in [0.25, 0.3) is 0 Å². The molecule has 0 aliphatic carbocycles. The molecule has 0 aromatic heterocycles. The number of rotatable bonds is 8. The lowest BCUT2D eigenvalue weighted by molar-refractivity contribution is -0.143. The van der Waals surface area contributed by atoms with Gasteiger partial charge >= 0.3 is 12.1 Å². The van der Waals surface area contributed by atoms with Gasteiger partial charge in [0, 0.05) is 12.0 Å². The Bertz CT molecular complexity index is 1080. The van der Waals surface area contributed by atoms with Gasteiger partial charge in [-0.25, -0.2) is 4.79 Å². The van der Waals surface area contributed by atoms with Crippen LogP contribution < -0.4 is 10.1 Å². The molecule has 0 saturated heterocycles. The number of ether oxygens (including phenoxy) is 2. The van der Waals surface area contributed by atoms with Crippen molar-refractivity contribution in [1.82, 2.24) is 5.32 Å². The standard InChI is InChI=1S/C25H22F3NO4/c1-32-24(31)22(29-23(30)19-8-5-9-20(15-19)25(26,27)28)14-17-10-12-21(13-11-17)33-16-18-6-3-2-4-7-18/h2-13,15,22H,14,16H2,1H3,(H,29,30)/t22-/m1/s1. The highest BCUT2D eigenvalue weighted by atomic mass is 19.4. The van der Waals surface area contributed by atoms with Gasteiger partial charge in [-0.05, 0) is 41.5 Å². The highest BCUT2D eigenvalue weighted by Crippen LogP contribution is 2.29. The first-order chi connectivity index (χ1) is 15.8. The van der Waals surface area contributed by atoms with E-state index in [4.69, 9.17) is 9.47 Å². The minimum Gasteiger partial charge on any atom is -0.489 e. The van der Waals surface area contributed by atoms with E-state index in [0.717, 1.165) is 23.8 Å². The first kappa shape index (κ1) is 23.8. The van der Waals surface area contributed by atoms with Crippen molar-refractivity contribution in [2.75, 3.05) is 7.11 Å². The molecule has 5 nitrogen and oxygen atoms in total. The lowest BCUT2D eigenvalue weighted by Crippen LogP contribution is -2.43. The molecular weight excluding hydrogens is 435 g/mol. The third-order valence-electron chi connectivity index (χ3n) is 4.85. The summed E-state index contributed by atoms with van der Waals surface area (Å²) >= 11 is 0. The van der Waals surface area contributed by atoms with Gasteiger partial charge in [-0.3, -0.25) is 4.79 Å². The van der Waals surface area contributed by atoms with E-state index in [-0.39, 0.29) is 12.0 Å². The molecule has 0 fully saturated rings. The predicted octanol–water partition coefficient (Wildman–Crippen LogP) is 4.80. The molecule has 0 saturated carbocycles. The van der Waals surface area contributed by atoms with E-state index in [9.17, 15) is 22.8 Å². The van der Waals surface area contributed by atoms with E-state index < -0.39 is 29.7 Å². The number of halogens is 3. The maximum Gasteiger partial charge on any atom is 0.416 e. The Morgan fingerprint density at radius 1 is 0.909 bits per heavy atom. The van der Waals surface area contributed by atoms with Gasteiger partial charge in [0.25, 0.3) is 5.91 Å². The summed E-state index contributed by atoms with van der Waals surface area (Å²) in [6.07, 6.45) is -4.49. The van der Waals surface area contributed by atoms with Crippen molar-refractivity contribution in [3.63, 3.8) is 0 Å². The Labute approximate surface area is 189 Å². The zero-order chi connectivity index (χ0) is 23.8. The molecule has 0 aliphatic rings. The summed E-state index contributed by atoms with van der Waals surface area (Å²) in [5.74, 6) is -0.885. The van der Waals surface area contributed by atoms with Crippen LogP contribution in [0.1, 0.15) is 27.0 Å². The number of benzene rings is 3. The van der Waals surface area contributed by atoms with Gasteiger partial charge < -0.3 is 14.8 Å². The Morgan fingerprint density at radius 2 is 1.61 bits per heavy atom. The van der Waals surface area contributed by atoms with Crippen LogP contribution in [0.2, 0.25) is 0 Å². The number of hydrogen-bond acceptors (Lipinski definition) is 4. The van der Waals surface area contributed by atoms with E-state index in [0.29, 0.717) is 17.9 Å². The highest BCUT2D eigenvalue weighted by molar-refractivity contribution is 5.97. The fourth-order valence-corrected chi connectivity index (χ4v) is 3.11. The average Bonchev–Trinajstić information content (AvgIpc) is 2.82. The van der Waals surface area contributed by atoms with Crippen LogP contribution in [0.15, 0.2) is 78.9 Å². The van der Waals surface area contributed by atoms with Crippen molar-refractivity contribution >= 4 is 11.9 Å². The maximum atomic E-state index is 12.9. The number of nitrogens with one attached hydrogen (secondary N) is 1.